The number of nitrogens with one attached hydrogen (secondary N) is 1. The molecule has 0 aliphatic carbocycles. The Morgan fingerprint density at radius 1 is 1.25 bits per heavy atom. The van der Waals surface area contributed by atoms with E-state index in [-0.39, 0.29) is 6.54 Å². The molecule has 0 spiro atoms. The number of hydrogen-bond acceptors (Lipinski definition) is 0. The summed E-state index contributed by atoms with van der Waals surface area (Å²) in [5.41, 5.74) is 6.57. The lowest BCUT2D eigenvalue weighted by Gasteiger charge is -2.08. The van der Waals surface area contributed by atoms with Crippen LogP contribution in [0, 0.1) is 0 Å². The van der Waals surface area contributed by atoms with Gasteiger partial charge >= 0.3 is 6.18 Å². The number of halogens is 3. The van der Waals surface area contributed by atoms with E-state index in [1.54, 1.807) is 0 Å². The molecule has 0 unspecified atom stereocenters. The summed E-state index contributed by atoms with van der Waals surface area (Å²) >= 11 is 0. The highest BCUT2D eigenvalue weighted by Crippen LogP contribution is 2.29. The van der Waals surface area contributed by atoms with Crippen molar-refractivity contribution in [2.45, 2.75) is 12.7 Å². The van der Waals surface area contributed by atoms with Gasteiger partial charge in [-0.2, -0.15) is 13.2 Å². The van der Waals surface area contributed by atoms with E-state index in [4.69, 9.17) is 5.73 Å². The first-order valence-electron chi connectivity index (χ1n) is 3.35. The third-order valence-corrected chi connectivity index (χ3v) is 1.46. The number of benzene rings is 1. The summed E-state index contributed by atoms with van der Waals surface area (Å²) in [5.74, 6) is 0. The van der Waals surface area contributed by atoms with Crippen molar-refractivity contribution in [1.29, 1.82) is 0 Å². The molecule has 0 saturated carbocycles. The van der Waals surface area contributed by atoms with Crippen molar-refractivity contribution in [2.75, 3.05) is 0 Å². The van der Waals surface area contributed by atoms with Gasteiger partial charge < -0.3 is 5.73 Å². The van der Waals surface area contributed by atoms with Gasteiger partial charge in [0.15, 0.2) is 0 Å². The van der Waals surface area contributed by atoms with Crippen LogP contribution in [0.1, 0.15) is 11.1 Å². The van der Waals surface area contributed by atoms with Crippen molar-refractivity contribution in [3.63, 3.8) is 0 Å². The normalized spacial score (nSPS) is 11.7. The summed E-state index contributed by atoms with van der Waals surface area (Å²) in [4.78, 5) is 0. The van der Waals surface area contributed by atoms with Gasteiger partial charge in [0.1, 0.15) is 0 Å². The first kappa shape index (κ1) is 9.06. The smallest absolute Gasteiger partial charge is 0.416 e. The molecule has 66 valence electrons. The molecule has 0 aliphatic heterocycles. The zero-order valence-corrected chi connectivity index (χ0v) is 6.15. The van der Waals surface area contributed by atoms with Crippen LogP contribution in [0.2, 0.25) is 0 Å². The summed E-state index contributed by atoms with van der Waals surface area (Å²) in [6, 6.07) is 4.81. The van der Waals surface area contributed by atoms with Crippen LogP contribution in [-0.4, -0.2) is 0 Å². The Bertz CT molecular complexity index is 267. The van der Waals surface area contributed by atoms with E-state index in [1.165, 1.54) is 12.1 Å². The van der Waals surface area contributed by atoms with Gasteiger partial charge in [-0.15, -0.1) is 6.54 Å². The molecule has 1 N–H and O–H groups in total. The molecule has 0 radical (unpaired) electrons. The molecule has 0 atom stereocenters. The maximum absolute atomic E-state index is 12.0. The van der Waals surface area contributed by atoms with Crippen molar-refractivity contribution in [3.8, 4) is 0 Å². The van der Waals surface area contributed by atoms with Crippen LogP contribution in [0.25, 0.3) is 5.73 Å². The fraction of sp³-hybridized carbons (Fsp3) is 0.250. The Kier molecular flexibility index (Phi) is 2.38. The van der Waals surface area contributed by atoms with Gasteiger partial charge in [0.05, 0.1) is 5.56 Å². The number of rotatable bonds is 1. The van der Waals surface area contributed by atoms with Gasteiger partial charge in [-0.05, 0) is 6.07 Å². The van der Waals surface area contributed by atoms with Gasteiger partial charge in [0, 0.05) is 0 Å². The molecule has 0 aliphatic rings. The summed E-state index contributed by atoms with van der Waals surface area (Å²) in [6.45, 7) is -0.121. The van der Waals surface area contributed by atoms with Crippen LogP contribution >= 0.6 is 0 Å². The summed E-state index contributed by atoms with van der Waals surface area (Å²) in [5, 5.41) is 0. The highest BCUT2D eigenvalue weighted by molar-refractivity contribution is 5.26. The van der Waals surface area contributed by atoms with E-state index in [2.05, 4.69) is 0 Å². The molecule has 12 heavy (non-hydrogen) atoms. The minimum absolute atomic E-state index is 0.121. The molecule has 1 rings (SSSR count). The largest absolute Gasteiger partial charge is 0.674 e. The predicted molar refractivity (Wildman–Crippen MR) is 39.5 cm³/mol. The summed E-state index contributed by atoms with van der Waals surface area (Å²) in [7, 11) is 0. The van der Waals surface area contributed by atoms with Crippen LogP contribution in [0.3, 0.4) is 0 Å². The number of hydrogen-bond donors (Lipinski definition) is 0. The molecular weight excluding hydrogens is 167 g/mol. The first-order chi connectivity index (χ1) is 5.54. The van der Waals surface area contributed by atoms with E-state index < -0.39 is 11.7 Å². The monoisotopic (exact) mass is 174 g/mol. The first-order valence-corrected chi connectivity index (χ1v) is 3.35. The number of alkyl halides is 3. The van der Waals surface area contributed by atoms with Gasteiger partial charge in [-0.1, -0.05) is 23.8 Å². The fourth-order valence-electron chi connectivity index (χ4n) is 0.858. The van der Waals surface area contributed by atoms with Crippen molar-refractivity contribution >= 4 is 0 Å². The lowest BCUT2D eigenvalue weighted by Crippen LogP contribution is -2.04. The summed E-state index contributed by atoms with van der Waals surface area (Å²) in [6.07, 6.45) is -4.30. The maximum atomic E-state index is 12.0. The molecule has 1 nitrogen and oxygen atoms in total. The zero-order chi connectivity index (χ0) is 9.19. The van der Waals surface area contributed by atoms with Crippen LogP contribution in [0.15, 0.2) is 24.3 Å². The molecule has 0 saturated heterocycles. The molecule has 0 amide bonds. The average Bonchev–Trinajstić information content (AvgIpc) is 2.03. The van der Waals surface area contributed by atoms with Crippen LogP contribution < -0.4 is 0 Å². The van der Waals surface area contributed by atoms with Gasteiger partial charge in [0.2, 0.25) is 0 Å². The molecule has 0 bridgehead atoms. The maximum Gasteiger partial charge on any atom is 0.416 e. The Hall–Kier alpha value is -1.03. The van der Waals surface area contributed by atoms with Gasteiger partial charge in [0.25, 0.3) is 0 Å². The Morgan fingerprint density at radius 3 is 2.42 bits per heavy atom. The standard InChI is InChI=1S/C8H7F3N/c9-8(10,11)7-3-1-2-6(4-7)5-12/h1-4,12H,5H2/q-1. The average molecular weight is 174 g/mol. The van der Waals surface area contributed by atoms with Crippen molar-refractivity contribution < 1.29 is 13.2 Å². The lowest BCUT2D eigenvalue weighted by atomic mass is 10.1. The molecule has 0 heterocycles. The third kappa shape index (κ3) is 1.98. The highest BCUT2D eigenvalue weighted by Gasteiger charge is 2.29. The Balaban J connectivity index is 3.02. The summed E-state index contributed by atoms with van der Waals surface area (Å²) < 4.78 is 36.1. The SMILES string of the molecule is [NH-]Cc1cccc(C(F)(F)F)c1. The Labute approximate surface area is 68.0 Å². The minimum atomic E-state index is -4.30. The molecule has 0 fully saturated rings. The minimum Gasteiger partial charge on any atom is -0.674 e. The van der Waals surface area contributed by atoms with Gasteiger partial charge in [-0.3, -0.25) is 0 Å². The van der Waals surface area contributed by atoms with E-state index >= 15 is 0 Å². The lowest BCUT2D eigenvalue weighted by molar-refractivity contribution is -0.137. The van der Waals surface area contributed by atoms with E-state index in [0.29, 0.717) is 5.56 Å². The molecule has 0 aromatic heterocycles. The van der Waals surface area contributed by atoms with Crippen LogP contribution in [0.4, 0.5) is 13.2 Å². The topological polar surface area (TPSA) is 23.8 Å². The quantitative estimate of drug-likeness (QED) is 0.624. The molecule has 1 aromatic carbocycles. The third-order valence-electron chi connectivity index (χ3n) is 1.46. The highest BCUT2D eigenvalue weighted by atomic mass is 19.4. The molecule has 4 heteroatoms. The predicted octanol–water partition coefficient (Wildman–Crippen LogP) is 3.26. The van der Waals surface area contributed by atoms with Crippen molar-refractivity contribution in [1.82, 2.24) is 0 Å². The second-order valence-corrected chi connectivity index (χ2v) is 2.37. The van der Waals surface area contributed by atoms with Crippen molar-refractivity contribution in [3.05, 3.63) is 41.1 Å². The Morgan fingerprint density at radius 2 is 1.92 bits per heavy atom. The van der Waals surface area contributed by atoms with Gasteiger partial charge in [-0.25, -0.2) is 0 Å². The molecular formula is C8H7F3N-. The van der Waals surface area contributed by atoms with E-state index in [0.717, 1.165) is 12.1 Å². The zero-order valence-electron chi connectivity index (χ0n) is 6.15. The van der Waals surface area contributed by atoms with E-state index in [9.17, 15) is 13.2 Å². The van der Waals surface area contributed by atoms with Crippen molar-refractivity contribution in [2.24, 2.45) is 0 Å². The second kappa shape index (κ2) is 3.15. The van der Waals surface area contributed by atoms with Crippen LogP contribution in [-0.2, 0) is 12.7 Å². The second-order valence-electron chi connectivity index (χ2n) is 2.37. The molecule has 1 aromatic rings. The van der Waals surface area contributed by atoms with Crippen LogP contribution in [0.5, 0.6) is 0 Å². The fourth-order valence-corrected chi connectivity index (χ4v) is 0.858. The van der Waals surface area contributed by atoms with E-state index in [1.807, 2.05) is 0 Å².